The summed E-state index contributed by atoms with van der Waals surface area (Å²) in [5.41, 5.74) is 5.89. The Hall–Kier alpha value is -1.33. The van der Waals surface area contributed by atoms with Gasteiger partial charge < -0.3 is 20.1 Å². The summed E-state index contributed by atoms with van der Waals surface area (Å²) in [4.78, 5) is 6.68. The Morgan fingerprint density at radius 1 is 1.61 bits per heavy atom. The minimum Gasteiger partial charge on any atom is -0.478 e. The fourth-order valence-corrected chi connectivity index (χ4v) is 2.01. The molecule has 1 aliphatic rings. The lowest BCUT2D eigenvalue weighted by Gasteiger charge is -2.35. The highest BCUT2D eigenvalue weighted by atomic mass is 16.5. The molecule has 2 heterocycles. The number of pyridine rings is 1. The van der Waals surface area contributed by atoms with Crippen LogP contribution in [0.1, 0.15) is 13.8 Å². The second-order valence-electron chi connectivity index (χ2n) is 4.48. The lowest BCUT2D eigenvalue weighted by Crippen LogP contribution is -2.49. The van der Waals surface area contributed by atoms with Crippen LogP contribution in [0.4, 0.5) is 5.82 Å². The van der Waals surface area contributed by atoms with Gasteiger partial charge in [0.15, 0.2) is 0 Å². The Labute approximate surface area is 108 Å². The van der Waals surface area contributed by atoms with E-state index >= 15 is 0 Å². The Morgan fingerprint density at radius 2 is 2.44 bits per heavy atom. The van der Waals surface area contributed by atoms with Crippen LogP contribution < -0.4 is 15.4 Å². The summed E-state index contributed by atoms with van der Waals surface area (Å²) in [6.07, 6.45) is 0.0660. The average molecular weight is 251 g/mol. The maximum Gasteiger partial charge on any atom is 0.215 e. The van der Waals surface area contributed by atoms with Crippen LogP contribution in [0.15, 0.2) is 18.2 Å². The fourth-order valence-electron chi connectivity index (χ4n) is 2.01. The molecule has 1 aromatic rings. The predicted molar refractivity (Wildman–Crippen MR) is 71.0 cm³/mol. The number of aromatic nitrogens is 1. The minimum atomic E-state index is 0.0304. The third kappa shape index (κ3) is 3.11. The third-order valence-corrected chi connectivity index (χ3v) is 3.00. The molecule has 2 atom stereocenters. The highest BCUT2D eigenvalue weighted by Gasteiger charge is 2.24. The van der Waals surface area contributed by atoms with Gasteiger partial charge in [0.1, 0.15) is 5.82 Å². The van der Waals surface area contributed by atoms with Gasteiger partial charge in [0, 0.05) is 25.2 Å². The van der Waals surface area contributed by atoms with E-state index < -0.39 is 0 Å². The summed E-state index contributed by atoms with van der Waals surface area (Å²) in [7, 11) is 0. The van der Waals surface area contributed by atoms with Crippen molar-refractivity contribution in [2.24, 2.45) is 5.73 Å². The van der Waals surface area contributed by atoms with E-state index in [0.717, 1.165) is 18.9 Å². The molecule has 100 valence electrons. The van der Waals surface area contributed by atoms with E-state index in [0.29, 0.717) is 19.1 Å². The van der Waals surface area contributed by atoms with Crippen LogP contribution in [0.25, 0.3) is 0 Å². The van der Waals surface area contributed by atoms with Crippen molar-refractivity contribution in [1.82, 2.24) is 4.98 Å². The van der Waals surface area contributed by atoms with Crippen LogP contribution in [-0.4, -0.2) is 43.4 Å². The van der Waals surface area contributed by atoms with E-state index in [-0.39, 0.29) is 12.1 Å². The molecule has 1 saturated heterocycles. The van der Waals surface area contributed by atoms with Crippen LogP contribution >= 0.6 is 0 Å². The molecule has 5 nitrogen and oxygen atoms in total. The smallest absolute Gasteiger partial charge is 0.215 e. The van der Waals surface area contributed by atoms with E-state index in [4.69, 9.17) is 15.2 Å². The van der Waals surface area contributed by atoms with Gasteiger partial charge in [-0.25, -0.2) is 0 Å². The highest BCUT2D eigenvalue weighted by Crippen LogP contribution is 2.19. The molecule has 1 aromatic heterocycles. The van der Waals surface area contributed by atoms with E-state index in [2.05, 4.69) is 9.88 Å². The maximum absolute atomic E-state index is 5.89. The molecule has 5 heteroatoms. The van der Waals surface area contributed by atoms with Gasteiger partial charge in [0.2, 0.25) is 5.88 Å². The van der Waals surface area contributed by atoms with Crippen molar-refractivity contribution in [2.45, 2.75) is 26.0 Å². The quantitative estimate of drug-likeness (QED) is 0.866. The second kappa shape index (κ2) is 6.02. The van der Waals surface area contributed by atoms with Gasteiger partial charge in [-0.3, -0.25) is 0 Å². The first-order valence-electron chi connectivity index (χ1n) is 6.42. The first kappa shape index (κ1) is 13.1. The SMILES string of the molecule is CCOc1cccc(N2CCOC(C(C)N)C2)n1. The molecular formula is C13H21N3O2. The molecular weight excluding hydrogens is 230 g/mol. The zero-order chi connectivity index (χ0) is 13.0. The minimum absolute atomic E-state index is 0.0304. The summed E-state index contributed by atoms with van der Waals surface area (Å²) in [5, 5.41) is 0. The largest absolute Gasteiger partial charge is 0.478 e. The third-order valence-electron chi connectivity index (χ3n) is 3.00. The molecule has 0 amide bonds. The van der Waals surface area contributed by atoms with Crippen molar-refractivity contribution in [3.8, 4) is 5.88 Å². The molecule has 0 aliphatic carbocycles. The van der Waals surface area contributed by atoms with Crippen LogP contribution in [0.5, 0.6) is 5.88 Å². The molecule has 0 saturated carbocycles. The molecule has 18 heavy (non-hydrogen) atoms. The first-order chi connectivity index (χ1) is 8.70. The topological polar surface area (TPSA) is 60.6 Å². The molecule has 2 unspecified atom stereocenters. The highest BCUT2D eigenvalue weighted by molar-refractivity contribution is 5.41. The monoisotopic (exact) mass is 251 g/mol. The summed E-state index contributed by atoms with van der Waals surface area (Å²) in [6.45, 7) is 6.86. The molecule has 1 aliphatic heterocycles. The van der Waals surface area contributed by atoms with Gasteiger partial charge in [0.05, 0.1) is 19.3 Å². The normalized spacial score (nSPS) is 21.7. The van der Waals surface area contributed by atoms with Crippen molar-refractivity contribution in [2.75, 3.05) is 31.2 Å². The van der Waals surface area contributed by atoms with Gasteiger partial charge in [0.25, 0.3) is 0 Å². The van der Waals surface area contributed by atoms with Crippen molar-refractivity contribution >= 4 is 5.82 Å². The first-order valence-corrected chi connectivity index (χ1v) is 6.42. The van der Waals surface area contributed by atoms with Gasteiger partial charge in [-0.2, -0.15) is 4.98 Å². The van der Waals surface area contributed by atoms with Crippen molar-refractivity contribution in [3.05, 3.63) is 18.2 Å². The Balaban J connectivity index is 2.08. The molecule has 0 spiro atoms. The Morgan fingerprint density at radius 3 is 3.17 bits per heavy atom. The van der Waals surface area contributed by atoms with Gasteiger partial charge in [-0.1, -0.05) is 6.07 Å². The lowest BCUT2D eigenvalue weighted by molar-refractivity contribution is 0.0273. The van der Waals surface area contributed by atoms with E-state index in [1.807, 2.05) is 32.0 Å². The second-order valence-corrected chi connectivity index (χ2v) is 4.48. The van der Waals surface area contributed by atoms with Gasteiger partial charge in [-0.15, -0.1) is 0 Å². The van der Waals surface area contributed by atoms with Crippen molar-refractivity contribution < 1.29 is 9.47 Å². The van der Waals surface area contributed by atoms with Crippen LogP contribution in [0.3, 0.4) is 0 Å². The van der Waals surface area contributed by atoms with Gasteiger partial charge >= 0.3 is 0 Å². The lowest BCUT2D eigenvalue weighted by atomic mass is 10.1. The standard InChI is InChI=1S/C13H21N3O2/c1-3-17-13-6-4-5-12(15-13)16-7-8-18-11(9-16)10(2)14/h4-6,10-11H,3,7-9,14H2,1-2H3. The molecule has 0 radical (unpaired) electrons. The number of hydrogen-bond donors (Lipinski definition) is 1. The number of anilines is 1. The van der Waals surface area contributed by atoms with Gasteiger partial charge in [-0.05, 0) is 19.9 Å². The summed E-state index contributed by atoms with van der Waals surface area (Å²) in [5.74, 6) is 1.59. The molecule has 2 N–H and O–H groups in total. The van der Waals surface area contributed by atoms with Crippen LogP contribution in [0, 0.1) is 0 Å². The molecule has 1 fully saturated rings. The number of nitrogens with zero attached hydrogens (tertiary/aromatic N) is 2. The number of ether oxygens (including phenoxy) is 2. The number of rotatable bonds is 4. The predicted octanol–water partition coefficient (Wildman–Crippen LogP) is 1.03. The number of morpholine rings is 1. The zero-order valence-electron chi connectivity index (χ0n) is 11.0. The Kier molecular flexibility index (Phi) is 4.38. The fraction of sp³-hybridized carbons (Fsp3) is 0.615. The van der Waals surface area contributed by atoms with Crippen molar-refractivity contribution in [1.29, 1.82) is 0 Å². The van der Waals surface area contributed by atoms with Crippen molar-refractivity contribution in [3.63, 3.8) is 0 Å². The average Bonchev–Trinajstić information content (AvgIpc) is 2.39. The summed E-state index contributed by atoms with van der Waals surface area (Å²) >= 11 is 0. The molecule has 0 aromatic carbocycles. The number of hydrogen-bond acceptors (Lipinski definition) is 5. The van der Waals surface area contributed by atoms with E-state index in [1.54, 1.807) is 0 Å². The maximum atomic E-state index is 5.89. The molecule has 2 rings (SSSR count). The van der Waals surface area contributed by atoms with Crippen LogP contribution in [0.2, 0.25) is 0 Å². The summed E-state index contributed by atoms with van der Waals surface area (Å²) in [6, 6.07) is 5.86. The number of nitrogens with two attached hydrogens (primary N) is 1. The zero-order valence-corrected chi connectivity index (χ0v) is 11.0. The Bertz CT molecular complexity index is 384. The van der Waals surface area contributed by atoms with Crippen LogP contribution in [-0.2, 0) is 4.74 Å². The van der Waals surface area contributed by atoms with E-state index in [1.165, 1.54) is 0 Å². The van der Waals surface area contributed by atoms with E-state index in [9.17, 15) is 0 Å². The summed E-state index contributed by atoms with van der Waals surface area (Å²) < 4.78 is 11.1. The molecule has 0 bridgehead atoms.